The highest BCUT2D eigenvalue weighted by atomic mass is 35.5. The molecule has 0 aliphatic carbocycles. The van der Waals surface area contributed by atoms with E-state index in [2.05, 4.69) is 15.3 Å². The number of methoxy groups -OCH3 is 1. The summed E-state index contributed by atoms with van der Waals surface area (Å²) in [7, 11) is 1.68. The van der Waals surface area contributed by atoms with E-state index >= 15 is 0 Å². The number of hydrogen-bond donors (Lipinski definition) is 1. The Balaban J connectivity index is 2.97. The van der Waals surface area contributed by atoms with E-state index in [0.29, 0.717) is 17.6 Å². The van der Waals surface area contributed by atoms with Crippen molar-refractivity contribution in [3.63, 3.8) is 0 Å². The van der Waals surface area contributed by atoms with Crippen molar-refractivity contribution in [3.05, 3.63) is 16.5 Å². The van der Waals surface area contributed by atoms with Gasteiger partial charge in [0.1, 0.15) is 16.8 Å². The lowest BCUT2D eigenvalue weighted by Crippen LogP contribution is -2.36. The van der Waals surface area contributed by atoms with Gasteiger partial charge in [0.05, 0.1) is 12.1 Å². The van der Waals surface area contributed by atoms with Gasteiger partial charge >= 0.3 is 0 Å². The fourth-order valence-corrected chi connectivity index (χ4v) is 1.65. The first-order chi connectivity index (χ1) is 7.35. The van der Waals surface area contributed by atoms with E-state index in [4.69, 9.17) is 16.3 Å². The second-order valence-corrected chi connectivity index (χ2v) is 4.84. The van der Waals surface area contributed by atoms with Gasteiger partial charge in [0.15, 0.2) is 0 Å². The maximum atomic E-state index is 6.00. The summed E-state index contributed by atoms with van der Waals surface area (Å²) in [6.07, 6.45) is 0. The minimum atomic E-state index is -0.191. The predicted molar refractivity (Wildman–Crippen MR) is 66.1 cm³/mol. The molecule has 1 N–H and O–H groups in total. The van der Waals surface area contributed by atoms with E-state index < -0.39 is 0 Å². The molecule has 0 aliphatic rings. The topological polar surface area (TPSA) is 47.0 Å². The van der Waals surface area contributed by atoms with Crippen LogP contribution in [0.3, 0.4) is 0 Å². The Kier molecular flexibility index (Phi) is 4.10. The zero-order valence-electron chi connectivity index (χ0n) is 10.4. The zero-order valence-corrected chi connectivity index (χ0v) is 11.1. The number of anilines is 1. The minimum Gasteiger partial charge on any atom is -0.382 e. The lowest BCUT2D eigenvalue weighted by Gasteiger charge is -2.27. The molecule has 1 rings (SSSR count). The predicted octanol–water partition coefficient (Wildman–Crippen LogP) is 2.58. The third-order valence-corrected chi connectivity index (χ3v) is 2.53. The van der Waals surface area contributed by atoms with Gasteiger partial charge in [-0.05, 0) is 27.7 Å². The van der Waals surface area contributed by atoms with E-state index in [9.17, 15) is 0 Å². The molecular formula is C11H18ClN3O. The van der Waals surface area contributed by atoms with Gasteiger partial charge in [-0.1, -0.05) is 11.6 Å². The van der Waals surface area contributed by atoms with Crippen LogP contribution < -0.4 is 5.32 Å². The number of halogens is 1. The van der Waals surface area contributed by atoms with Gasteiger partial charge in [-0.15, -0.1) is 0 Å². The van der Waals surface area contributed by atoms with Gasteiger partial charge in [0.25, 0.3) is 0 Å². The number of nitrogens with one attached hydrogen (secondary N) is 1. The van der Waals surface area contributed by atoms with Crippen LogP contribution in [0.2, 0.25) is 5.15 Å². The fraction of sp³-hybridized carbons (Fsp3) is 0.636. The highest BCUT2D eigenvalue weighted by molar-refractivity contribution is 6.30. The number of rotatable bonds is 4. The summed E-state index contributed by atoms with van der Waals surface area (Å²) in [6, 6.07) is 0. The molecule has 16 heavy (non-hydrogen) atoms. The molecule has 0 aromatic carbocycles. The SMILES string of the molecule is COCC(C)(C)Nc1nc(C)nc(Cl)c1C. The summed E-state index contributed by atoms with van der Waals surface area (Å²) in [6.45, 7) is 8.39. The van der Waals surface area contributed by atoms with Crippen LogP contribution in [0, 0.1) is 13.8 Å². The molecule has 0 unspecified atom stereocenters. The molecule has 0 fully saturated rings. The van der Waals surface area contributed by atoms with Gasteiger partial charge in [-0.2, -0.15) is 0 Å². The smallest absolute Gasteiger partial charge is 0.137 e. The third-order valence-electron chi connectivity index (χ3n) is 2.16. The maximum absolute atomic E-state index is 6.00. The van der Waals surface area contributed by atoms with Crippen molar-refractivity contribution < 1.29 is 4.74 Å². The molecule has 0 saturated carbocycles. The minimum absolute atomic E-state index is 0.191. The van der Waals surface area contributed by atoms with Crippen LogP contribution in [-0.4, -0.2) is 29.2 Å². The molecule has 0 spiro atoms. The fourth-order valence-electron chi connectivity index (χ4n) is 1.43. The second-order valence-electron chi connectivity index (χ2n) is 4.48. The largest absolute Gasteiger partial charge is 0.382 e. The maximum Gasteiger partial charge on any atom is 0.137 e. The van der Waals surface area contributed by atoms with E-state index in [1.165, 1.54) is 0 Å². The Morgan fingerprint density at radius 2 is 1.94 bits per heavy atom. The Morgan fingerprint density at radius 1 is 1.31 bits per heavy atom. The van der Waals surface area contributed by atoms with Crippen molar-refractivity contribution in [1.82, 2.24) is 9.97 Å². The third kappa shape index (κ3) is 3.32. The second kappa shape index (κ2) is 4.97. The molecule has 5 heteroatoms. The van der Waals surface area contributed by atoms with Gasteiger partial charge in [-0.3, -0.25) is 0 Å². The molecule has 1 aromatic rings. The van der Waals surface area contributed by atoms with Crippen molar-refractivity contribution in [2.24, 2.45) is 0 Å². The Morgan fingerprint density at radius 3 is 2.50 bits per heavy atom. The standard InChI is InChI=1S/C11H18ClN3O/c1-7-9(12)13-8(2)14-10(7)15-11(3,4)6-16-5/h6H2,1-5H3,(H,13,14,15). The van der Waals surface area contributed by atoms with Gasteiger partial charge in [0, 0.05) is 12.7 Å². The molecular weight excluding hydrogens is 226 g/mol. The molecule has 0 radical (unpaired) electrons. The van der Waals surface area contributed by atoms with Crippen LogP contribution in [0.4, 0.5) is 5.82 Å². The van der Waals surface area contributed by atoms with Crippen molar-refractivity contribution in [3.8, 4) is 0 Å². The summed E-state index contributed by atoms with van der Waals surface area (Å²) >= 11 is 6.00. The quantitative estimate of drug-likeness (QED) is 0.826. The van der Waals surface area contributed by atoms with Gasteiger partial charge < -0.3 is 10.1 Å². The number of ether oxygens (including phenoxy) is 1. The number of hydrogen-bond acceptors (Lipinski definition) is 4. The van der Waals surface area contributed by atoms with Crippen LogP contribution in [0.5, 0.6) is 0 Å². The molecule has 4 nitrogen and oxygen atoms in total. The van der Waals surface area contributed by atoms with Crippen LogP contribution in [0.15, 0.2) is 0 Å². The Labute approximate surface area is 101 Å². The Bertz CT molecular complexity index is 380. The molecule has 0 saturated heterocycles. The van der Waals surface area contributed by atoms with Gasteiger partial charge in [0.2, 0.25) is 0 Å². The van der Waals surface area contributed by atoms with E-state index in [1.807, 2.05) is 27.7 Å². The molecule has 0 amide bonds. The first-order valence-electron chi connectivity index (χ1n) is 5.13. The lowest BCUT2D eigenvalue weighted by atomic mass is 10.1. The van der Waals surface area contributed by atoms with Crippen LogP contribution in [0.25, 0.3) is 0 Å². The monoisotopic (exact) mass is 243 g/mol. The highest BCUT2D eigenvalue weighted by Gasteiger charge is 2.19. The summed E-state index contributed by atoms with van der Waals surface area (Å²) in [5.41, 5.74) is 0.667. The summed E-state index contributed by atoms with van der Waals surface area (Å²) in [5.74, 6) is 1.42. The average Bonchev–Trinajstić information content (AvgIpc) is 2.12. The van der Waals surface area contributed by atoms with E-state index in [0.717, 1.165) is 11.4 Å². The Hall–Kier alpha value is -0.870. The number of aryl methyl sites for hydroxylation is 1. The van der Waals surface area contributed by atoms with Crippen molar-refractivity contribution >= 4 is 17.4 Å². The van der Waals surface area contributed by atoms with Crippen LogP contribution >= 0.6 is 11.6 Å². The molecule has 0 bridgehead atoms. The van der Waals surface area contributed by atoms with E-state index in [-0.39, 0.29) is 5.54 Å². The summed E-state index contributed by atoms with van der Waals surface area (Å²) in [4.78, 5) is 8.43. The zero-order chi connectivity index (χ0) is 12.3. The van der Waals surface area contributed by atoms with Gasteiger partial charge in [-0.25, -0.2) is 9.97 Å². The molecule has 0 aliphatic heterocycles. The van der Waals surface area contributed by atoms with Crippen molar-refractivity contribution in [2.45, 2.75) is 33.2 Å². The molecule has 1 heterocycles. The number of nitrogens with zero attached hydrogens (tertiary/aromatic N) is 2. The first kappa shape index (κ1) is 13.2. The normalized spacial score (nSPS) is 11.6. The van der Waals surface area contributed by atoms with Crippen LogP contribution in [-0.2, 0) is 4.74 Å². The van der Waals surface area contributed by atoms with E-state index in [1.54, 1.807) is 7.11 Å². The highest BCUT2D eigenvalue weighted by Crippen LogP contribution is 2.22. The van der Waals surface area contributed by atoms with Crippen LogP contribution in [0.1, 0.15) is 25.2 Å². The van der Waals surface area contributed by atoms with Crippen molar-refractivity contribution in [2.75, 3.05) is 19.0 Å². The van der Waals surface area contributed by atoms with Crippen molar-refractivity contribution in [1.29, 1.82) is 0 Å². The molecule has 1 aromatic heterocycles. The molecule has 90 valence electrons. The summed E-state index contributed by atoms with van der Waals surface area (Å²) < 4.78 is 5.14. The average molecular weight is 244 g/mol. The molecule has 0 atom stereocenters. The summed E-state index contributed by atoms with van der Waals surface area (Å²) in [5, 5.41) is 3.80. The first-order valence-corrected chi connectivity index (χ1v) is 5.51. The number of aromatic nitrogens is 2. The lowest BCUT2D eigenvalue weighted by molar-refractivity contribution is 0.158.